The van der Waals surface area contributed by atoms with E-state index >= 15 is 0 Å². The molecule has 0 radical (unpaired) electrons. The summed E-state index contributed by atoms with van der Waals surface area (Å²) in [5.41, 5.74) is 0.497. The first-order valence-corrected chi connectivity index (χ1v) is 4.08. The van der Waals surface area contributed by atoms with Crippen molar-refractivity contribution < 1.29 is 17.3 Å². The highest BCUT2D eigenvalue weighted by atomic mass is 35.5. The Hall–Kier alpha value is -1.80. The Kier molecular flexibility index (Phi) is 5.27. The van der Waals surface area contributed by atoms with Crippen LogP contribution in [0.4, 0.5) is 23.0 Å². The fourth-order valence-corrected chi connectivity index (χ4v) is 0.848. The molecule has 0 heterocycles. The molecule has 1 aromatic carbocycles. The van der Waals surface area contributed by atoms with Gasteiger partial charge in [0, 0.05) is 5.02 Å². The fourth-order valence-electron chi connectivity index (χ4n) is 0.682. The topological polar surface area (TPSA) is 51.9 Å². The van der Waals surface area contributed by atoms with Crippen LogP contribution in [-0.2, 0) is 0 Å². The molecule has 3 nitrogen and oxygen atoms in total. The Morgan fingerprint density at radius 3 is 2.12 bits per heavy atom. The summed E-state index contributed by atoms with van der Waals surface area (Å²) < 4.78 is 39.0. The third-order valence-electron chi connectivity index (χ3n) is 1.19. The van der Waals surface area contributed by atoms with Crippen LogP contribution in [-0.4, -0.2) is 7.25 Å². The van der Waals surface area contributed by atoms with E-state index in [4.69, 9.17) is 22.3 Å². The number of benzene rings is 1. The number of hydrogen-bond donors (Lipinski definition) is 0. The number of nitriles is 1. The minimum atomic E-state index is -6.00. The Labute approximate surface area is 93.0 Å². The second-order valence-corrected chi connectivity index (χ2v) is 2.80. The van der Waals surface area contributed by atoms with Crippen LogP contribution in [0.3, 0.4) is 0 Å². The molecule has 0 aliphatic carbocycles. The smallest absolute Gasteiger partial charge is 0.418 e. The highest BCUT2D eigenvalue weighted by Crippen LogP contribution is 2.22. The van der Waals surface area contributed by atoms with Crippen molar-refractivity contribution in [3.63, 3.8) is 0 Å². The van der Waals surface area contributed by atoms with Crippen molar-refractivity contribution in [2.45, 2.75) is 0 Å². The molecule has 0 saturated heterocycles. The number of diazo groups is 1. The van der Waals surface area contributed by atoms with E-state index in [0.717, 1.165) is 0 Å². The molecule has 1 aromatic rings. The third-order valence-corrected chi connectivity index (χ3v) is 1.42. The lowest BCUT2D eigenvalue weighted by Crippen LogP contribution is -2.02. The van der Waals surface area contributed by atoms with Crippen LogP contribution < -0.4 is 0 Å². The lowest BCUT2D eigenvalue weighted by Gasteiger charge is -1.94. The van der Waals surface area contributed by atoms with Crippen molar-refractivity contribution in [3.8, 4) is 6.07 Å². The maximum Gasteiger partial charge on any atom is 0.673 e. The largest absolute Gasteiger partial charge is 0.673 e. The van der Waals surface area contributed by atoms with E-state index in [-0.39, 0.29) is 5.69 Å². The van der Waals surface area contributed by atoms with Gasteiger partial charge in [-0.05, 0) is 12.1 Å². The van der Waals surface area contributed by atoms with Crippen LogP contribution in [0.1, 0.15) is 5.56 Å². The van der Waals surface area contributed by atoms with Crippen LogP contribution in [0, 0.1) is 16.7 Å². The summed E-state index contributed by atoms with van der Waals surface area (Å²) in [4.78, 5) is 2.90. The van der Waals surface area contributed by atoms with E-state index in [9.17, 15) is 17.3 Å². The summed E-state index contributed by atoms with van der Waals surface area (Å²) in [6.07, 6.45) is 0. The molecule has 0 unspecified atom stereocenters. The summed E-state index contributed by atoms with van der Waals surface area (Å²) in [5.74, 6) is 0. The van der Waals surface area contributed by atoms with Gasteiger partial charge in [-0.1, -0.05) is 11.6 Å². The average Bonchev–Trinajstić information content (AvgIpc) is 2.15. The predicted octanol–water partition coefficient (Wildman–Crippen LogP) is 4.00. The van der Waals surface area contributed by atoms with E-state index in [0.29, 0.717) is 10.6 Å². The highest BCUT2D eigenvalue weighted by molar-refractivity contribution is 6.50. The first-order valence-electron chi connectivity index (χ1n) is 3.70. The van der Waals surface area contributed by atoms with Crippen molar-refractivity contribution >= 4 is 24.5 Å². The standard InChI is InChI=1S/C7H3ClN3.BF4/c8-6-2-1-5(4-9)7(3-6)11-10;2-1(3,4)5/h1-3H;/q+1;-1. The molecule has 0 N–H and O–H groups in total. The quantitative estimate of drug-likeness (QED) is 0.397. The molecular formula is C7H3BClF4N3. The van der Waals surface area contributed by atoms with Gasteiger partial charge in [0.1, 0.15) is 11.6 Å². The van der Waals surface area contributed by atoms with E-state index < -0.39 is 7.25 Å². The fraction of sp³-hybridized carbons (Fsp3) is 0. The van der Waals surface area contributed by atoms with Gasteiger partial charge in [-0.2, -0.15) is 5.26 Å². The van der Waals surface area contributed by atoms with Crippen LogP contribution in [0.15, 0.2) is 18.2 Å². The van der Waals surface area contributed by atoms with Crippen LogP contribution in [0.25, 0.3) is 4.98 Å². The molecular weight excluding hydrogens is 248 g/mol. The number of halogens is 5. The molecule has 0 atom stereocenters. The monoisotopic (exact) mass is 251 g/mol. The molecule has 0 bridgehead atoms. The summed E-state index contributed by atoms with van der Waals surface area (Å²) in [5, 5.41) is 17.3. The Bertz CT molecular complexity index is 442. The van der Waals surface area contributed by atoms with E-state index in [1.54, 1.807) is 6.07 Å². The van der Waals surface area contributed by atoms with Crippen LogP contribution >= 0.6 is 11.6 Å². The van der Waals surface area contributed by atoms with Gasteiger partial charge >= 0.3 is 12.9 Å². The number of nitrogens with zero attached hydrogens (tertiary/aromatic N) is 3. The normalized spacial score (nSPS) is 9.44. The SMILES string of the molecule is F[B-](F)(F)F.N#Cc1ccc(Cl)cc1[N+]#N. The minimum absolute atomic E-state index is 0.194. The molecule has 1 rings (SSSR count). The zero-order valence-electron chi connectivity index (χ0n) is 7.54. The van der Waals surface area contributed by atoms with Gasteiger partial charge in [-0.25, -0.2) is 0 Å². The van der Waals surface area contributed by atoms with Crippen LogP contribution in [0.2, 0.25) is 5.02 Å². The summed E-state index contributed by atoms with van der Waals surface area (Å²) >= 11 is 5.57. The van der Waals surface area contributed by atoms with Crippen molar-refractivity contribution in [1.82, 2.24) is 0 Å². The maximum atomic E-state index is 9.75. The molecule has 16 heavy (non-hydrogen) atoms. The number of hydrogen-bond acceptors (Lipinski definition) is 2. The van der Waals surface area contributed by atoms with Gasteiger partial charge in [-0.15, -0.1) is 0 Å². The third kappa shape index (κ3) is 6.63. The van der Waals surface area contributed by atoms with Gasteiger partial charge in [-0.3, -0.25) is 0 Å². The lowest BCUT2D eigenvalue weighted by molar-refractivity contribution is 0.368. The first-order chi connectivity index (χ1) is 7.27. The zero-order valence-corrected chi connectivity index (χ0v) is 8.30. The summed E-state index contributed by atoms with van der Waals surface area (Å²) in [6.45, 7) is 0. The molecule has 0 fully saturated rings. The summed E-state index contributed by atoms with van der Waals surface area (Å²) in [7, 11) is -6.00. The van der Waals surface area contributed by atoms with Gasteiger partial charge in [0.25, 0.3) is 0 Å². The molecule has 9 heteroatoms. The first kappa shape index (κ1) is 14.2. The van der Waals surface area contributed by atoms with Gasteiger partial charge in [0.15, 0.2) is 4.98 Å². The van der Waals surface area contributed by atoms with E-state index in [1.165, 1.54) is 12.1 Å². The molecule has 0 aliphatic heterocycles. The van der Waals surface area contributed by atoms with Crippen molar-refractivity contribution in [2.24, 2.45) is 0 Å². The molecule has 0 spiro atoms. The summed E-state index contributed by atoms with van der Waals surface area (Å²) in [6, 6.07) is 6.34. The van der Waals surface area contributed by atoms with Gasteiger partial charge in [0.05, 0.1) is 6.07 Å². The Morgan fingerprint density at radius 1 is 1.25 bits per heavy atom. The molecule has 84 valence electrons. The van der Waals surface area contributed by atoms with Crippen molar-refractivity contribution in [1.29, 1.82) is 10.7 Å². The second kappa shape index (κ2) is 5.94. The zero-order chi connectivity index (χ0) is 12.8. The average molecular weight is 251 g/mol. The van der Waals surface area contributed by atoms with E-state index in [1.807, 2.05) is 6.07 Å². The van der Waals surface area contributed by atoms with E-state index in [2.05, 4.69) is 4.98 Å². The molecule has 0 amide bonds. The van der Waals surface area contributed by atoms with Crippen molar-refractivity contribution in [2.75, 3.05) is 0 Å². The van der Waals surface area contributed by atoms with Gasteiger partial charge < -0.3 is 17.3 Å². The molecule has 0 aromatic heterocycles. The molecule has 0 aliphatic rings. The van der Waals surface area contributed by atoms with Crippen molar-refractivity contribution in [3.05, 3.63) is 33.8 Å². The van der Waals surface area contributed by atoms with Gasteiger partial charge in [0.2, 0.25) is 5.39 Å². The number of rotatable bonds is 0. The highest BCUT2D eigenvalue weighted by Gasteiger charge is 2.20. The second-order valence-electron chi connectivity index (χ2n) is 2.37. The minimum Gasteiger partial charge on any atom is -0.418 e. The predicted molar refractivity (Wildman–Crippen MR) is 51.1 cm³/mol. The molecule has 0 saturated carbocycles. The Balaban J connectivity index is 0.000000385. The maximum absolute atomic E-state index is 9.75. The Morgan fingerprint density at radius 2 is 1.75 bits per heavy atom. The lowest BCUT2D eigenvalue weighted by atomic mass is 10.2. The van der Waals surface area contributed by atoms with Crippen LogP contribution in [0.5, 0.6) is 0 Å².